The Morgan fingerprint density at radius 1 is 1.38 bits per heavy atom. The standard InChI is InChI=1S/C13H13Cl2N3O2S/c1-8(19)16-13-18-17-12(21-13)3-2-6-20-11-5-4-9(14)7-10(11)15/h4-5,7H,2-3,6H2,1H3,(H,16,18,19). The predicted molar refractivity (Wildman–Crippen MR) is 84.5 cm³/mol. The molecule has 112 valence electrons. The van der Waals surface area contributed by atoms with E-state index in [4.69, 9.17) is 27.9 Å². The molecule has 0 unspecified atom stereocenters. The van der Waals surface area contributed by atoms with Gasteiger partial charge in [-0.05, 0) is 24.6 Å². The van der Waals surface area contributed by atoms with Gasteiger partial charge in [0.05, 0.1) is 11.6 Å². The highest BCUT2D eigenvalue weighted by Gasteiger charge is 2.06. The highest BCUT2D eigenvalue weighted by molar-refractivity contribution is 7.15. The maximum atomic E-state index is 10.9. The molecular weight excluding hydrogens is 333 g/mol. The number of hydrogen-bond donors (Lipinski definition) is 1. The van der Waals surface area contributed by atoms with Crippen molar-refractivity contribution in [2.45, 2.75) is 19.8 Å². The van der Waals surface area contributed by atoms with Crippen LogP contribution in [-0.2, 0) is 11.2 Å². The van der Waals surface area contributed by atoms with Gasteiger partial charge in [0.15, 0.2) is 0 Å². The Labute approximate surface area is 136 Å². The van der Waals surface area contributed by atoms with Crippen molar-refractivity contribution in [1.29, 1.82) is 0 Å². The minimum Gasteiger partial charge on any atom is -0.492 e. The van der Waals surface area contributed by atoms with E-state index in [1.165, 1.54) is 18.3 Å². The summed E-state index contributed by atoms with van der Waals surface area (Å²) in [5.41, 5.74) is 0. The lowest BCUT2D eigenvalue weighted by molar-refractivity contribution is -0.114. The topological polar surface area (TPSA) is 64.1 Å². The lowest BCUT2D eigenvalue weighted by Crippen LogP contribution is -2.04. The number of nitrogens with zero attached hydrogens (tertiary/aromatic N) is 2. The molecular formula is C13H13Cl2N3O2S. The Bertz CT molecular complexity index is 634. The lowest BCUT2D eigenvalue weighted by Gasteiger charge is -2.07. The smallest absolute Gasteiger partial charge is 0.223 e. The van der Waals surface area contributed by atoms with Crippen molar-refractivity contribution in [1.82, 2.24) is 10.2 Å². The van der Waals surface area contributed by atoms with Crippen molar-refractivity contribution in [2.75, 3.05) is 11.9 Å². The van der Waals surface area contributed by atoms with Crippen molar-refractivity contribution in [2.24, 2.45) is 0 Å². The van der Waals surface area contributed by atoms with Crippen molar-refractivity contribution >= 4 is 45.6 Å². The molecule has 1 N–H and O–H groups in total. The van der Waals surface area contributed by atoms with Crippen LogP contribution in [0.15, 0.2) is 18.2 Å². The van der Waals surface area contributed by atoms with Crippen molar-refractivity contribution < 1.29 is 9.53 Å². The molecule has 0 saturated heterocycles. The lowest BCUT2D eigenvalue weighted by atomic mass is 10.3. The SMILES string of the molecule is CC(=O)Nc1nnc(CCCOc2ccc(Cl)cc2Cl)s1. The molecule has 0 aliphatic rings. The Morgan fingerprint density at radius 3 is 2.90 bits per heavy atom. The monoisotopic (exact) mass is 345 g/mol. The van der Waals surface area contributed by atoms with Gasteiger partial charge in [0.2, 0.25) is 11.0 Å². The number of rotatable bonds is 6. The van der Waals surface area contributed by atoms with E-state index in [2.05, 4.69) is 15.5 Å². The normalized spacial score (nSPS) is 10.4. The zero-order chi connectivity index (χ0) is 15.2. The molecule has 0 aliphatic heterocycles. The first-order valence-corrected chi connectivity index (χ1v) is 7.79. The van der Waals surface area contributed by atoms with E-state index in [0.29, 0.717) is 27.5 Å². The number of hydrogen-bond acceptors (Lipinski definition) is 5. The van der Waals surface area contributed by atoms with E-state index in [0.717, 1.165) is 17.8 Å². The van der Waals surface area contributed by atoms with Crippen LogP contribution in [0, 0.1) is 0 Å². The summed E-state index contributed by atoms with van der Waals surface area (Å²) in [7, 11) is 0. The molecule has 0 atom stereocenters. The Hall–Kier alpha value is -1.37. The second-order valence-electron chi connectivity index (χ2n) is 4.21. The Kier molecular flexibility index (Phi) is 5.78. The second kappa shape index (κ2) is 7.59. The first-order valence-electron chi connectivity index (χ1n) is 6.22. The number of ether oxygens (including phenoxy) is 1. The Balaban J connectivity index is 1.76. The molecule has 1 heterocycles. The third-order valence-corrected chi connectivity index (χ3v) is 3.87. The molecule has 0 bridgehead atoms. The van der Waals surface area contributed by atoms with E-state index < -0.39 is 0 Å². The molecule has 2 aromatic rings. The summed E-state index contributed by atoms with van der Waals surface area (Å²) in [6.07, 6.45) is 1.50. The quantitative estimate of drug-likeness (QED) is 0.808. The van der Waals surface area contributed by atoms with Crippen LogP contribution in [0.25, 0.3) is 0 Å². The van der Waals surface area contributed by atoms with Crippen LogP contribution in [0.3, 0.4) is 0 Å². The number of amides is 1. The molecule has 2 rings (SSSR count). The number of aromatic nitrogens is 2. The number of nitrogens with one attached hydrogen (secondary N) is 1. The molecule has 1 amide bonds. The first-order chi connectivity index (χ1) is 10.0. The van der Waals surface area contributed by atoms with Crippen LogP contribution in [0.1, 0.15) is 18.4 Å². The number of anilines is 1. The molecule has 1 aromatic heterocycles. The number of carbonyl (C=O) groups excluding carboxylic acids is 1. The van der Waals surface area contributed by atoms with Gasteiger partial charge in [0, 0.05) is 18.4 Å². The van der Waals surface area contributed by atoms with Crippen LogP contribution in [0.5, 0.6) is 5.75 Å². The van der Waals surface area contributed by atoms with Crippen LogP contribution >= 0.6 is 34.5 Å². The molecule has 0 saturated carbocycles. The van der Waals surface area contributed by atoms with Gasteiger partial charge in [-0.1, -0.05) is 34.5 Å². The summed E-state index contributed by atoms with van der Waals surface area (Å²) < 4.78 is 5.58. The van der Waals surface area contributed by atoms with E-state index in [1.54, 1.807) is 18.2 Å². The van der Waals surface area contributed by atoms with E-state index in [9.17, 15) is 4.79 Å². The molecule has 0 fully saturated rings. The van der Waals surface area contributed by atoms with Gasteiger partial charge in [-0.15, -0.1) is 10.2 Å². The van der Waals surface area contributed by atoms with E-state index in [-0.39, 0.29) is 5.91 Å². The fourth-order valence-corrected chi connectivity index (χ4v) is 2.84. The average molecular weight is 346 g/mol. The van der Waals surface area contributed by atoms with Gasteiger partial charge >= 0.3 is 0 Å². The van der Waals surface area contributed by atoms with E-state index in [1.807, 2.05) is 0 Å². The highest BCUT2D eigenvalue weighted by Crippen LogP contribution is 2.27. The van der Waals surface area contributed by atoms with Gasteiger partial charge in [0.25, 0.3) is 0 Å². The van der Waals surface area contributed by atoms with Gasteiger partial charge in [-0.25, -0.2) is 0 Å². The van der Waals surface area contributed by atoms with Crippen molar-refractivity contribution in [3.8, 4) is 5.75 Å². The largest absolute Gasteiger partial charge is 0.492 e. The number of benzene rings is 1. The van der Waals surface area contributed by atoms with Gasteiger partial charge < -0.3 is 10.1 Å². The zero-order valence-electron chi connectivity index (χ0n) is 11.2. The number of halogens is 2. The molecule has 8 heteroatoms. The summed E-state index contributed by atoms with van der Waals surface area (Å²) in [6, 6.07) is 5.11. The van der Waals surface area contributed by atoms with Crippen LogP contribution in [-0.4, -0.2) is 22.7 Å². The molecule has 0 radical (unpaired) electrons. The fourth-order valence-electron chi connectivity index (χ4n) is 1.55. The summed E-state index contributed by atoms with van der Waals surface area (Å²) in [4.78, 5) is 10.9. The summed E-state index contributed by atoms with van der Waals surface area (Å²) in [6.45, 7) is 1.95. The molecule has 5 nitrogen and oxygen atoms in total. The van der Waals surface area contributed by atoms with Gasteiger partial charge in [-0.2, -0.15) is 0 Å². The van der Waals surface area contributed by atoms with Gasteiger partial charge in [-0.3, -0.25) is 4.79 Å². The van der Waals surface area contributed by atoms with Crippen LogP contribution in [0.4, 0.5) is 5.13 Å². The summed E-state index contributed by atoms with van der Waals surface area (Å²) >= 11 is 13.2. The maximum absolute atomic E-state index is 10.9. The summed E-state index contributed by atoms with van der Waals surface area (Å²) in [5, 5.41) is 12.9. The fraction of sp³-hybridized carbons (Fsp3) is 0.308. The minimum absolute atomic E-state index is 0.154. The molecule has 21 heavy (non-hydrogen) atoms. The highest BCUT2D eigenvalue weighted by atomic mass is 35.5. The summed E-state index contributed by atoms with van der Waals surface area (Å²) in [5.74, 6) is 0.454. The van der Waals surface area contributed by atoms with Crippen molar-refractivity contribution in [3.63, 3.8) is 0 Å². The number of aryl methyl sites for hydroxylation is 1. The first kappa shape index (κ1) is 16.0. The predicted octanol–water partition coefficient (Wildman–Crippen LogP) is 3.81. The third-order valence-electron chi connectivity index (χ3n) is 2.44. The molecule has 0 spiro atoms. The molecule has 1 aromatic carbocycles. The Morgan fingerprint density at radius 2 is 2.19 bits per heavy atom. The van der Waals surface area contributed by atoms with Crippen LogP contribution < -0.4 is 10.1 Å². The van der Waals surface area contributed by atoms with E-state index >= 15 is 0 Å². The molecule has 0 aliphatic carbocycles. The average Bonchev–Trinajstić information content (AvgIpc) is 2.83. The van der Waals surface area contributed by atoms with Crippen molar-refractivity contribution in [3.05, 3.63) is 33.3 Å². The second-order valence-corrected chi connectivity index (χ2v) is 6.11. The number of carbonyl (C=O) groups is 1. The van der Waals surface area contributed by atoms with Gasteiger partial charge in [0.1, 0.15) is 10.8 Å². The third kappa shape index (κ3) is 5.15. The van der Waals surface area contributed by atoms with Crippen LogP contribution in [0.2, 0.25) is 10.0 Å². The zero-order valence-corrected chi connectivity index (χ0v) is 13.6. The minimum atomic E-state index is -0.154. The maximum Gasteiger partial charge on any atom is 0.223 e.